The number of rotatable bonds is 2. The minimum absolute atomic E-state index is 0.0583. The van der Waals surface area contributed by atoms with Gasteiger partial charge in [0.05, 0.1) is 11.6 Å². The average molecular weight is 318 g/mol. The van der Waals surface area contributed by atoms with Gasteiger partial charge in [0.25, 0.3) is 5.91 Å². The number of amides is 2. The number of pyridine rings is 1. The topological polar surface area (TPSA) is 62.3 Å². The zero-order chi connectivity index (χ0) is 15.7. The lowest BCUT2D eigenvalue weighted by atomic mass is 10.1. The minimum Gasteiger partial charge on any atom is -0.353 e. The van der Waals surface area contributed by atoms with Crippen molar-refractivity contribution in [3.05, 3.63) is 40.7 Å². The first-order chi connectivity index (χ1) is 10.6. The Bertz CT molecular complexity index is 760. The van der Waals surface area contributed by atoms with Crippen molar-refractivity contribution in [3.63, 3.8) is 0 Å². The summed E-state index contributed by atoms with van der Waals surface area (Å²) in [5.74, 6) is -0.398. The number of halogens is 1. The first-order valence-corrected chi connectivity index (χ1v) is 7.62. The summed E-state index contributed by atoms with van der Waals surface area (Å²) in [6.45, 7) is 2.99. The molecule has 114 valence electrons. The Morgan fingerprint density at radius 1 is 1.45 bits per heavy atom. The molecule has 0 aliphatic carbocycles. The minimum atomic E-state index is -0.247. The summed E-state index contributed by atoms with van der Waals surface area (Å²) in [7, 11) is 0. The van der Waals surface area contributed by atoms with Crippen molar-refractivity contribution < 1.29 is 9.59 Å². The zero-order valence-electron chi connectivity index (χ0n) is 12.2. The Labute approximate surface area is 133 Å². The number of aromatic nitrogens is 1. The number of nitrogens with one attached hydrogen (secondary N) is 1. The van der Waals surface area contributed by atoms with Crippen molar-refractivity contribution in [3.8, 4) is 0 Å². The fourth-order valence-corrected chi connectivity index (χ4v) is 2.89. The number of hydrogen-bond donors (Lipinski definition) is 1. The maximum absolute atomic E-state index is 12.8. The number of fused-ring (bicyclic) bond motifs is 1. The molecule has 5 nitrogen and oxygen atoms in total. The molecule has 1 N–H and O–H groups in total. The Kier molecular flexibility index (Phi) is 3.98. The van der Waals surface area contributed by atoms with Crippen molar-refractivity contribution in [2.45, 2.75) is 13.3 Å². The van der Waals surface area contributed by atoms with Crippen molar-refractivity contribution >= 4 is 34.2 Å². The third kappa shape index (κ3) is 2.64. The van der Waals surface area contributed by atoms with Crippen LogP contribution in [-0.4, -0.2) is 41.3 Å². The number of nitrogens with zero attached hydrogens (tertiary/aromatic N) is 2. The molecule has 1 aromatic heterocycles. The molecule has 1 saturated heterocycles. The van der Waals surface area contributed by atoms with Crippen LogP contribution in [0.1, 0.15) is 23.1 Å². The number of benzene rings is 1. The van der Waals surface area contributed by atoms with E-state index in [1.807, 2.05) is 25.1 Å². The molecular weight excluding hydrogens is 302 g/mol. The van der Waals surface area contributed by atoms with Gasteiger partial charge in [0.2, 0.25) is 5.91 Å². The Hall–Kier alpha value is -2.14. The van der Waals surface area contributed by atoms with Crippen LogP contribution in [0.15, 0.2) is 24.3 Å². The lowest BCUT2D eigenvalue weighted by Crippen LogP contribution is -2.50. The van der Waals surface area contributed by atoms with E-state index in [1.165, 1.54) is 4.90 Å². The number of aryl methyl sites for hydroxylation is 1. The van der Waals surface area contributed by atoms with Crippen LogP contribution in [0.25, 0.3) is 10.8 Å². The molecular formula is C16H16ClN3O2. The lowest BCUT2D eigenvalue weighted by Gasteiger charge is -2.27. The molecule has 0 atom stereocenters. The van der Waals surface area contributed by atoms with Crippen LogP contribution in [0, 0.1) is 0 Å². The normalized spacial score (nSPS) is 15.0. The molecule has 0 unspecified atom stereocenters. The first-order valence-electron chi connectivity index (χ1n) is 7.24. The quantitative estimate of drug-likeness (QED) is 0.921. The Balaban J connectivity index is 2.12. The van der Waals surface area contributed by atoms with E-state index in [2.05, 4.69) is 10.3 Å². The molecule has 3 rings (SSSR count). The van der Waals surface area contributed by atoms with E-state index in [0.29, 0.717) is 29.2 Å². The van der Waals surface area contributed by atoms with Gasteiger partial charge in [-0.05, 0) is 23.9 Å². The highest BCUT2D eigenvalue weighted by Gasteiger charge is 2.25. The van der Waals surface area contributed by atoms with E-state index in [9.17, 15) is 9.59 Å². The van der Waals surface area contributed by atoms with Crippen LogP contribution in [0.3, 0.4) is 0 Å². The van der Waals surface area contributed by atoms with Crippen molar-refractivity contribution in [2.75, 3.05) is 19.6 Å². The smallest absolute Gasteiger partial charge is 0.273 e. The summed E-state index contributed by atoms with van der Waals surface area (Å²) < 4.78 is 0. The monoisotopic (exact) mass is 317 g/mol. The van der Waals surface area contributed by atoms with Crippen LogP contribution < -0.4 is 5.32 Å². The van der Waals surface area contributed by atoms with Gasteiger partial charge in [-0.3, -0.25) is 9.59 Å². The van der Waals surface area contributed by atoms with Gasteiger partial charge in [0.15, 0.2) is 0 Å². The van der Waals surface area contributed by atoms with Gasteiger partial charge in [-0.2, -0.15) is 0 Å². The van der Waals surface area contributed by atoms with Gasteiger partial charge in [0, 0.05) is 24.2 Å². The molecule has 1 aliphatic rings. The van der Waals surface area contributed by atoms with E-state index in [-0.39, 0.29) is 18.4 Å². The highest BCUT2D eigenvalue weighted by Crippen LogP contribution is 2.27. The molecule has 0 saturated carbocycles. The fourth-order valence-electron chi connectivity index (χ4n) is 2.62. The van der Waals surface area contributed by atoms with Crippen molar-refractivity contribution in [1.29, 1.82) is 0 Å². The molecule has 22 heavy (non-hydrogen) atoms. The fraction of sp³-hybridized carbons (Fsp3) is 0.312. The van der Waals surface area contributed by atoms with Crippen LogP contribution in [-0.2, 0) is 11.2 Å². The molecule has 2 amide bonds. The maximum Gasteiger partial charge on any atom is 0.273 e. The molecule has 2 aromatic rings. The first kappa shape index (κ1) is 14.8. The zero-order valence-corrected chi connectivity index (χ0v) is 13.0. The largest absolute Gasteiger partial charge is 0.353 e. The second-order valence-corrected chi connectivity index (χ2v) is 5.64. The van der Waals surface area contributed by atoms with E-state index >= 15 is 0 Å². The highest BCUT2D eigenvalue weighted by atomic mass is 35.5. The summed E-state index contributed by atoms with van der Waals surface area (Å²) in [6, 6.07) is 7.46. The third-order valence-electron chi connectivity index (χ3n) is 3.75. The van der Waals surface area contributed by atoms with Crippen LogP contribution in [0.4, 0.5) is 0 Å². The molecule has 0 spiro atoms. The maximum atomic E-state index is 12.8. The summed E-state index contributed by atoms with van der Waals surface area (Å²) >= 11 is 6.28. The number of carbonyl (C=O) groups excluding carboxylic acids is 2. The molecule has 2 heterocycles. The Morgan fingerprint density at radius 3 is 3.00 bits per heavy atom. The van der Waals surface area contributed by atoms with E-state index in [4.69, 9.17) is 11.6 Å². The summed E-state index contributed by atoms with van der Waals surface area (Å²) in [5, 5.41) is 4.75. The second kappa shape index (κ2) is 5.93. The van der Waals surface area contributed by atoms with Crippen LogP contribution in [0.5, 0.6) is 0 Å². The van der Waals surface area contributed by atoms with E-state index in [0.717, 1.165) is 17.5 Å². The summed E-state index contributed by atoms with van der Waals surface area (Å²) in [6.07, 6.45) is 0.725. The van der Waals surface area contributed by atoms with Crippen molar-refractivity contribution in [1.82, 2.24) is 15.2 Å². The van der Waals surface area contributed by atoms with Gasteiger partial charge in [0.1, 0.15) is 5.69 Å². The van der Waals surface area contributed by atoms with Gasteiger partial charge < -0.3 is 10.2 Å². The molecule has 6 heteroatoms. The van der Waals surface area contributed by atoms with Gasteiger partial charge in [-0.1, -0.05) is 30.7 Å². The number of carbonyl (C=O) groups is 2. The highest BCUT2D eigenvalue weighted by molar-refractivity contribution is 6.36. The predicted molar refractivity (Wildman–Crippen MR) is 85.0 cm³/mol. The summed E-state index contributed by atoms with van der Waals surface area (Å²) in [5.41, 5.74) is 1.16. The predicted octanol–water partition coefficient (Wildman–Crippen LogP) is 2.02. The second-order valence-electron chi connectivity index (χ2n) is 5.23. The number of piperazine rings is 1. The van der Waals surface area contributed by atoms with Crippen LogP contribution in [0.2, 0.25) is 5.02 Å². The lowest BCUT2D eigenvalue weighted by molar-refractivity contribution is -0.123. The molecule has 1 aromatic carbocycles. The Morgan fingerprint density at radius 2 is 2.27 bits per heavy atom. The van der Waals surface area contributed by atoms with Crippen LogP contribution >= 0.6 is 11.6 Å². The third-order valence-corrected chi connectivity index (χ3v) is 4.07. The number of hydrogen-bond acceptors (Lipinski definition) is 3. The standard InChI is InChI=1S/C16H16ClN3O2/c1-2-11-8-10-4-3-5-12(17)14(10)15(19-11)16(22)20-7-6-18-13(21)9-20/h3-5,8H,2,6-7,9H2,1H3,(H,18,21). The molecule has 0 bridgehead atoms. The van der Waals surface area contributed by atoms with Gasteiger partial charge in [-0.15, -0.1) is 0 Å². The molecule has 1 fully saturated rings. The van der Waals surface area contributed by atoms with E-state index in [1.54, 1.807) is 6.07 Å². The average Bonchev–Trinajstić information content (AvgIpc) is 2.53. The van der Waals surface area contributed by atoms with Gasteiger partial charge in [-0.25, -0.2) is 4.98 Å². The van der Waals surface area contributed by atoms with E-state index < -0.39 is 0 Å². The van der Waals surface area contributed by atoms with Gasteiger partial charge >= 0.3 is 0 Å². The molecule has 0 radical (unpaired) electrons. The summed E-state index contributed by atoms with van der Waals surface area (Å²) in [4.78, 5) is 30.3. The van der Waals surface area contributed by atoms with Crippen molar-refractivity contribution in [2.24, 2.45) is 0 Å². The SMILES string of the molecule is CCc1cc2cccc(Cl)c2c(C(=O)N2CCNC(=O)C2)n1. The molecule has 1 aliphatic heterocycles.